The van der Waals surface area contributed by atoms with Gasteiger partial charge in [0.2, 0.25) is 17.7 Å². The Morgan fingerprint density at radius 2 is 1.92 bits per heavy atom. The number of nitrogens with one attached hydrogen (secondary N) is 1. The summed E-state index contributed by atoms with van der Waals surface area (Å²) in [7, 11) is 1.50. The van der Waals surface area contributed by atoms with E-state index in [1.54, 1.807) is 29.2 Å². The number of carbonyl (C=O) groups is 4. The number of esters is 1. The predicted molar refractivity (Wildman–Crippen MR) is 179 cm³/mol. The van der Waals surface area contributed by atoms with E-state index in [1.165, 1.54) is 12.0 Å². The van der Waals surface area contributed by atoms with Crippen LogP contribution in [0.25, 0.3) is 0 Å². The Labute approximate surface area is 288 Å². The third-order valence-corrected chi connectivity index (χ3v) is 10.1. The normalized spacial score (nSPS) is 27.3. The molecule has 0 aromatic heterocycles. The Morgan fingerprint density at radius 1 is 1.16 bits per heavy atom. The number of rotatable bonds is 18. The van der Waals surface area contributed by atoms with Crippen molar-refractivity contribution in [2.24, 2.45) is 11.8 Å². The molecule has 1 aromatic rings. The van der Waals surface area contributed by atoms with E-state index in [0.717, 1.165) is 13.1 Å². The Kier molecular flexibility index (Phi) is 12.6. The van der Waals surface area contributed by atoms with Crippen LogP contribution in [0.1, 0.15) is 37.4 Å². The van der Waals surface area contributed by atoms with Gasteiger partial charge in [0.05, 0.1) is 50.4 Å². The zero-order valence-electron chi connectivity index (χ0n) is 28.4. The standard InChI is InChI=1S/C36H50N4O9/c1-4-6-12-28(42)37-26(24-46-3)31(25-10-8-7-9-11-25)48-35(45)29-27-13-14-36(49-27)30(29)33(43)40(18-21-41)32(36)34(44)39(15-5-2)17-16-38-19-22-47-23-20-38/h4-5,7-11,26-27,29-32,41H,1-2,6,12-24H2,3H3,(H,37,42)/t26-,27+,29-,30-,31-,32+,36-/m1/s1. The number of fused-ring (bicyclic) bond motifs is 1. The van der Waals surface area contributed by atoms with Gasteiger partial charge in [-0.05, 0) is 24.8 Å². The minimum Gasteiger partial charge on any atom is -0.455 e. The van der Waals surface area contributed by atoms with E-state index in [2.05, 4.69) is 23.4 Å². The molecule has 2 bridgehead atoms. The Hall–Kier alpha value is -3.62. The predicted octanol–water partition coefficient (Wildman–Crippen LogP) is 1.08. The molecule has 13 heteroatoms. The molecule has 1 aromatic carbocycles. The summed E-state index contributed by atoms with van der Waals surface area (Å²) in [5, 5.41) is 13.0. The summed E-state index contributed by atoms with van der Waals surface area (Å²) in [6.07, 6.45) is 3.32. The van der Waals surface area contributed by atoms with Gasteiger partial charge in [-0.25, -0.2) is 0 Å². The van der Waals surface area contributed by atoms with Gasteiger partial charge in [-0.15, -0.1) is 13.2 Å². The van der Waals surface area contributed by atoms with Gasteiger partial charge in [-0.1, -0.05) is 42.5 Å². The lowest BCUT2D eigenvalue weighted by Crippen LogP contribution is -2.57. The van der Waals surface area contributed by atoms with E-state index in [-0.39, 0.29) is 44.5 Å². The average molecular weight is 683 g/mol. The highest BCUT2D eigenvalue weighted by molar-refractivity contribution is 5.98. The average Bonchev–Trinajstić information content (AvgIpc) is 3.76. The number of methoxy groups -OCH3 is 1. The lowest BCUT2D eigenvalue weighted by molar-refractivity contribution is -0.163. The first-order valence-electron chi connectivity index (χ1n) is 17.2. The number of amides is 3. The third-order valence-electron chi connectivity index (χ3n) is 10.1. The number of allylic oxidation sites excluding steroid dienone is 1. The summed E-state index contributed by atoms with van der Waals surface area (Å²) in [5.41, 5.74) is -0.600. The number of aliphatic hydroxyl groups excluding tert-OH is 1. The van der Waals surface area contributed by atoms with E-state index in [4.69, 9.17) is 18.9 Å². The fraction of sp³-hybridized carbons (Fsp3) is 0.611. The van der Waals surface area contributed by atoms with Crippen LogP contribution in [-0.4, -0.2) is 140 Å². The van der Waals surface area contributed by atoms with Gasteiger partial charge in [0.1, 0.15) is 17.7 Å². The van der Waals surface area contributed by atoms with Crippen molar-refractivity contribution >= 4 is 23.7 Å². The van der Waals surface area contributed by atoms with Crippen molar-refractivity contribution in [2.45, 2.75) is 55.6 Å². The Bertz CT molecular complexity index is 1340. The maximum absolute atomic E-state index is 14.4. The van der Waals surface area contributed by atoms with Gasteiger partial charge in [-0.3, -0.25) is 24.1 Å². The third kappa shape index (κ3) is 7.76. The first-order chi connectivity index (χ1) is 23.8. The fourth-order valence-electron chi connectivity index (χ4n) is 7.88. The minimum atomic E-state index is -1.25. The van der Waals surface area contributed by atoms with Crippen molar-refractivity contribution in [3.63, 3.8) is 0 Å². The Balaban J connectivity index is 1.41. The number of morpholine rings is 1. The molecule has 4 fully saturated rings. The smallest absolute Gasteiger partial charge is 0.313 e. The minimum absolute atomic E-state index is 0.0635. The molecule has 4 aliphatic heterocycles. The quantitative estimate of drug-likeness (QED) is 0.170. The molecular formula is C36H50N4O9. The molecule has 0 saturated carbocycles. The van der Waals surface area contributed by atoms with Gasteiger partial charge in [0.25, 0.3) is 0 Å². The van der Waals surface area contributed by atoms with E-state index >= 15 is 0 Å². The van der Waals surface area contributed by atoms with Crippen LogP contribution in [0.3, 0.4) is 0 Å². The highest BCUT2D eigenvalue weighted by Gasteiger charge is 2.75. The molecule has 4 heterocycles. The van der Waals surface area contributed by atoms with E-state index in [1.807, 2.05) is 18.2 Å². The molecule has 268 valence electrons. The van der Waals surface area contributed by atoms with Crippen LogP contribution in [0.15, 0.2) is 55.6 Å². The molecule has 13 nitrogen and oxygen atoms in total. The summed E-state index contributed by atoms with van der Waals surface area (Å²) >= 11 is 0. The maximum Gasteiger partial charge on any atom is 0.313 e. The first-order valence-corrected chi connectivity index (χ1v) is 17.2. The summed E-state index contributed by atoms with van der Waals surface area (Å²) < 4.78 is 23.7. The number of carbonyl (C=O) groups excluding carboxylic acids is 4. The molecule has 49 heavy (non-hydrogen) atoms. The molecule has 7 atom stereocenters. The molecule has 1 spiro atoms. The maximum atomic E-state index is 14.4. The molecule has 3 amide bonds. The molecule has 5 rings (SSSR count). The van der Waals surface area contributed by atoms with E-state index in [0.29, 0.717) is 51.1 Å². The van der Waals surface area contributed by atoms with E-state index < -0.39 is 53.6 Å². The summed E-state index contributed by atoms with van der Waals surface area (Å²) in [6, 6.07) is 7.34. The van der Waals surface area contributed by atoms with Crippen molar-refractivity contribution in [2.75, 3.05) is 72.8 Å². The summed E-state index contributed by atoms with van der Waals surface area (Å²) in [5.74, 6) is -3.54. The zero-order valence-corrected chi connectivity index (χ0v) is 28.4. The van der Waals surface area contributed by atoms with Crippen LogP contribution >= 0.6 is 0 Å². The van der Waals surface area contributed by atoms with Crippen molar-refractivity contribution in [1.29, 1.82) is 0 Å². The number of nitrogens with zero attached hydrogens (tertiary/aromatic N) is 3. The second kappa shape index (κ2) is 16.9. The van der Waals surface area contributed by atoms with Gasteiger partial charge in [-0.2, -0.15) is 0 Å². The molecular weight excluding hydrogens is 632 g/mol. The number of aliphatic hydroxyl groups is 1. The number of benzene rings is 1. The second-order valence-electron chi connectivity index (χ2n) is 13.1. The van der Waals surface area contributed by atoms with Gasteiger partial charge in [0, 0.05) is 52.8 Å². The summed E-state index contributed by atoms with van der Waals surface area (Å²) in [6.45, 7) is 11.3. The topological polar surface area (TPSA) is 147 Å². The molecule has 4 aliphatic rings. The lowest BCUT2D eigenvalue weighted by atomic mass is 9.70. The monoisotopic (exact) mass is 682 g/mol. The summed E-state index contributed by atoms with van der Waals surface area (Å²) in [4.78, 5) is 61.1. The van der Waals surface area contributed by atoms with Crippen LogP contribution in [0.2, 0.25) is 0 Å². The van der Waals surface area contributed by atoms with E-state index in [9.17, 15) is 24.3 Å². The van der Waals surface area contributed by atoms with Gasteiger partial charge >= 0.3 is 5.97 Å². The number of β-amino-alcohol motifs (C(OH)–C–C–N with tert-alkyl or cyclic N) is 1. The Morgan fingerprint density at radius 3 is 2.59 bits per heavy atom. The van der Waals surface area contributed by atoms with Crippen molar-refractivity contribution in [3.05, 3.63) is 61.2 Å². The first kappa shape index (κ1) is 36.7. The molecule has 0 radical (unpaired) electrons. The molecule has 0 unspecified atom stereocenters. The van der Waals surface area contributed by atoms with Crippen LogP contribution in [-0.2, 0) is 38.1 Å². The van der Waals surface area contributed by atoms with Crippen LogP contribution in [0.5, 0.6) is 0 Å². The number of likely N-dealkylation sites (tertiary alicyclic amines) is 1. The van der Waals surface area contributed by atoms with Crippen LogP contribution in [0.4, 0.5) is 0 Å². The molecule has 2 N–H and O–H groups in total. The van der Waals surface area contributed by atoms with Crippen LogP contribution in [0, 0.1) is 11.8 Å². The second-order valence-corrected chi connectivity index (χ2v) is 13.1. The number of hydrogen-bond donors (Lipinski definition) is 2. The lowest BCUT2D eigenvalue weighted by Gasteiger charge is -2.37. The zero-order chi connectivity index (χ0) is 35.0. The van der Waals surface area contributed by atoms with Crippen molar-refractivity contribution < 1.29 is 43.2 Å². The van der Waals surface area contributed by atoms with Gasteiger partial charge < -0.3 is 39.2 Å². The van der Waals surface area contributed by atoms with Crippen molar-refractivity contribution in [3.8, 4) is 0 Å². The van der Waals surface area contributed by atoms with Crippen molar-refractivity contribution in [1.82, 2.24) is 20.0 Å². The fourth-order valence-corrected chi connectivity index (χ4v) is 7.88. The molecule has 0 aliphatic carbocycles. The highest BCUT2D eigenvalue weighted by Crippen LogP contribution is 2.59. The SMILES string of the molecule is C=CCCC(=O)N[C@H](COC)[C@H](OC(=O)[C@@H]1[C@@H]2CC[C@]3(O2)[C@H](C(=O)N(CC=C)CCN2CCOCC2)N(CCO)C(=O)[C@@H]13)c1ccccc1. The largest absolute Gasteiger partial charge is 0.455 e. The number of ether oxygens (including phenoxy) is 4. The molecule has 4 saturated heterocycles. The highest BCUT2D eigenvalue weighted by atomic mass is 16.6. The van der Waals surface area contributed by atoms with Crippen LogP contribution < -0.4 is 5.32 Å². The number of hydrogen-bond acceptors (Lipinski definition) is 10. The van der Waals surface area contributed by atoms with Gasteiger partial charge in [0.15, 0.2) is 0 Å².